The van der Waals surface area contributed by atoms with E-state index in [9.17, 15) is 4.79 Å². The second-order valence-electron chi connectivity index (χ2n) is 3.83. The van der Waals surface area contributed by atoms with E-state index in [0.29, 0.717) is 17.9 Å². The van der Waals surface area contributed by atoms with Crippen molar-refractivity contribution >= 4 is 28.7 Å². The predicted molar refractivity (Wildman–Crippen MR) is 71.6 cm³/mol. The average molecular weight is 266 g/mol. The minimum Gasteiger partial charge on any atom is -0.300 e. The Bertz CT molecular complexity index is 536. The van der Waals surface area contributed by atoms with Gasteiger partial charge in [-0.3, -0.25) is 0 Å². The first-order valence-electron chi connectivity index (χ1n) is 5.35. The second kappa shape index (κ2) is 5.43. The summed E-state index contributed by atoms with van der Waals surface area (Å²) in [5, 5.41) is 3.61. The first-order chi connectivity index (χ1) is 8.16. The van der Waals surface area contributed by atoms with Gasteiger partial charge in [0.1, 0.15) is 10.8 Å². The summed E-state index contributed by atoms with van der Waals surface area (Å²) >= 11 is 7.67. The summed E-state index contributed by atoms with van der Waals surface area (Å²) in [6.07, 6.45) is 1.25. The zero-order valence-electron chi connectivity index (χ0n) is 9.44. The van der Waals surface area contributed by atoms with Gasteiger partial charge in [-0.25, -0.2) is 4.98 Å². The van der Waals surface area contributed by atoms with Gasteiger partial charge in [0.05, 0.1) is 10.7 Å². The summed E-state index contributed by atoms with van der Waals surface area (Å²) in [4.78, 5) is 15.4. The Balaban J connectivity index is 2.18. The number of rotatable bonds is 4. The quantitative estimate of drug-likeness (QED) is 0.837. The molecular weight excluding hydrogens is 254 g/mol. The standard InChI is InChI=1S/C13H12ClNOS/c1-9(16)6-7-10-8-17-13(15-10)11-4-2-3-5-12(11)14/h2-5,8H,6-7H2,1H3. The average Bonchev–Trinajstić information content (AvgIpc) is 2.75. The highest BCUT2D eigenvalue weighted by molar-refractivity contribution is 7.13. The number of carbonyl (C=O) groups excluding carboxylic acids is 1. The lowest BCUT2D eigenvalue weighted by Gasteiger charge is -1.98. The molecule has 4 heteroatoms. The Morgan fingerprint density at radius 2 is 2.18 bits per heavy atom. The summed E-state index contributed by atoms with van der Waals surface area (Å²) < 4.78 is 0. The summed E-state index contributed by atoms with van der Waals surface area (Å²) in [5.41, 5.74) is 1.91. The zero-order valence-corrected chi connectivity index (χ0v) is 11.0. The summed E-state index contributed by atoms with van der Waals surface area (Å²) in [5.74, 6) is 0.192. The van der Waals surface area contributed by atoms with E-state index < -0.39 is 0 Å². The second-order valence-corrected chi connectivity index (χ2v) is 5.09. The van der Waals surface area contributed by atoms with Crippen molar-refractivity contribution in [2.45, 2.75) is 19.8 Å². The van der Waals surface area contributed by atoms with Crippen molar-refractivity contribution in [3.05, 3.63) is 40.4 Å². The van der Waals surface area contributed by atoms with Gasteiger partial charge < -0.3 is 4.79 Å². The van der Waals surface area contributed by atoms with Crippen LogP contribution in [-0.4, -0.2) is 10.8 Å². The van der Waals surface area contributed by atoms with Gasteiger partial charge in [-0.1, -0.05) is 29.8 Å². The molecule has 0 spiro atoms. The molecule has 0 saturated heterocycles. The molecule has 0 aliphatic carbocycles. The number of ketones is 1. The van der Waals surface area contributed by atoms with Crippen LogP contribution >= 0.6 is 22.9 Å². The van der Waals surface area contributed by atoms with Crippen molar-refractivity contribution in [3.8, 4) is 10.6 Å². The number of aryl methyl sites for hydroxylation is 1. The van der Waals surface area contributed by atoms with Crippen molar-refractivity contribution in [3.63, 3.8) is 0 Å². The molecule has 0 saturated carbocycles. The number of thiazole rings is 1. The fourth-order valence-corrected chi connectivity index (χ4v) is 2.66. The van der Waals surface area contributed by atoms with Gasteiger partial charge in [0.25, 0.3) is 0 Å². The molecule has 2 rings (SSSR count). The first-order valence-corrected chi connectivity index (χ1v) is 6.61. The third-order valence-corrected chi connectivity index (χ3v) is 3.64. The molecule has 0 unspecified atom stereocenters. The maximum atomic E-state index is 10.9. The van der Waals surface area contributed by atoms with Crippen LogP contribution in [0.5, 0.6) is 0 Å². The Hall–Kier alpha value is -1.19. The molecule has 1 heterocycles. The molecule has 88 valence electrons. The Morgan fingerprint density at radius 3 is 2.88 bits per heavy atom. The van der Waals surface area contributed by atoms with Gasteiger partial charge in [0, 0.05) is 17.4 Å². The van der Waals surface area contributed by atoms with Crippen molar-refractivity contribution in [2.75, 3.05) is 0 Å². The van der Waals surface area contributed by atoms with Crippen molar-refractivity contribution < 1.29 is 4.79 Å². The van der Waals surface area contributed by atoms with Gasteiger partial charge in [-0.05, 0) is 19.4 Å². The molecule has 1 aromatic carbocycles. The molecule has 0 atom stereocenters. The summed E-state index contributed by atoms with van der Waals surface area (Å²) in [6.45, 7) is 1.60. The first kappa shape index (κ1) is 12.3. The molecule has 1 aromatic heterocycles. The van der Waals surface area contributed by atoms with E-state index in [0.717, 1.165) is 16.3 Å². The third kappa shape index (κ3) is 3.14. The van der Waals surface area contributed by atoms with Crippen LogP contribution in [0, 0.1) is 0 Å². The maximum Gasteiger partial charge on any atom is 0.130 e. The normalized spacial score (nSPS) is 10.5. The third-order valence-electron chi connectivity index (χ3n) is 2.39. The molecule has 0 fully saturated rings. The van der Waals surface area contributed by atoms with E-state index in [1.54, 1.807) is 18.3 Å². The number of halogens is 1. The number of nitrogens with zero attached hydrogens (tertiary/aromatic N) is 1. The van der Waals surface area contributed by atoms with Gasteiger partial charge in [-0.2, -0.15) is 0 Å². The van der Waals surface area contributed by atoms with E-state index in [1.165, 1.54) is 0 Å². The topological polar surface area (TPSA) is 30.0 Å². The molecule has 2 aromatic rings. The van der Waals surface area contributed by atoms with Crippen molar-refractivity contribution in [1.82, 2.24) is 4.98 Å². The highest BCUT2D eigenvalue weighted by Crippen LogP contribution is 2.30. The van der Waals surface area contributed by atoms with Crippen LogP contribution in [0.4, 0.5) is 0 Å². The van der Waals surface area contributed by atoms with Crippen LogP contribution in [0.15, 0.2) is 29.6 Å². The lowest BCUT2D eigenvalue weighted by molar-refractivity contribution is -0.116. The highest BCUT2D eigenvalue weighted by Gasteiger charge is 2.08. The van der Waals surface area contributed by atoms with Gasteiger partial charge in [0.2, 0.25) is 0 Å². The Kier molecular flexibility index (Phi) is 3.92. The fraction of sp³-hybridized carbons (Fsp3) is 0.231. The SMILES string of the molecule is CC(=O)CCc1csc(-c2ccccc2Cl)n1. The number of hydrogen-bond donors (Lipinski definition) is 0. The van der Waals surface area contributed by atoms with E-state index in [2.05, 4.69) is 4.98 Å². The lowest BCUT2D eigenvalue weighted by Crippen LogP contribution is -1.94. The number of aromatic nitrogens is 1. The molecule has 2 nitrogen and oxygen atoms in total. The molecule has 0 radical (unpaired) electrons. The molecule has 0 bridgehead atoms. The van der Waals surface area contributed by atoms with Gasteiger partial charge >= 0.3 is 0 Å². The van der Waals surface area contributed by atoms with Crippen molar-refractivity contribution in [1.29, 1.82) is 0 Å². The zero-order chi connectivity index (χ0) is 12.3. The smallest absolute Gasteiger partial charge is 0.130 e. The van der Waals surface area contributed by atoms with Crippen molar-refractivity contribution in [2.24, 2.45) is 0 Å². The van der Waals surface area contributed by atoms with Crippen LogP contribution in [0.25, 0.3) is 10.6 Å². The van der Waals surface area contributed by atoms with Gasteiger partial charge in [0.15, 0.2) is 0 Å². The van der Waals surface area contributed by atoms with E-state index in [4.69, 9.17) is 11.6 Å². The number of carbonyl (C=O) groups is 1. The van der Waals surface area contributed by atoms with E-state index in [1.807, 2.05) is 29.6 Å². The maximum absolute atomic E-state index is 10.9. The largest absolute Gasteiger partial charge is 0.300 e. The number of Topliss-reactive ketones (excluding diaryl/α,β-unsaturated/α-hetero) is 1. The predicted octanol–water partition coefficient (Wildman–Crippen LogP) is 3.99. The molecule has 0 aliphatic rings. The molecule has 17 heavy (non-hydrogen) atoms. The Labute approximate surface area is 109 Å². The van der Waals surface area contributed by atoms with Crippen LogP contribution in [0.3, 0.4) is 0 Å². The summed E-state index contributed by atoms with van der Waals surface area (Å²) in [7, 11) is 0. The summed E-state index contributed by atoms with van der Waals surface area (Å²) in [6, 6.07) is 7.65. The van der Waals surface area contributed by atoms with E-state index >= 15 is 0 Å². The van der Waals surface area contributed by atoms with Gasteiger partial charge in [-0.15, -0.1) is 11.3 Å². The van der Waals surface area contributed by atoms with Crippen LogP contribution in [-0.2, 0) is 11.2 Å². The molecule has 0 amide bonds. The monoisotopic (exact) mass is 265 g/mol. The van der Waals surface area contributed by atoms with E-state index in [-0.39, 0.29) is 5.78 Å². The minimum atomic E-state index is 0.192. The lowest BCUT2D eigenvalue weighted by atomic mass is 10.2. The van der Waals surface area contributed by atoms with Crippen LogP contribution in [0.2, 0.25) is 5.02 Å². The highest BCUT2D eigenvalue weighted by atomic mass is 35.5. The van der Waals surface area contributed by atoms with Crippen LogP contribution < -0.4 is 0 Å². The number of benzene rings is 1. The fourth-order valence-electron chi connectivity index (χ4n) is 1.48. The minimum absolute atomic E-state index is 0.192. The Morgan fingerprint density at radius 1 is 1.41 bits per heavy atom. The molecule has 0 aliphatic heterocycles. The number of hydrogen-bond acceptors (Lipinski definition) is 3. The molecule has 0 N–H and O–H groups in total. The molecular formula is C13H12ClNOS. The van der Waals surface area contributed by atoms with Crippen LogP contribution in [0.1, 0.15) is 19.0 Å².